The van der Waals surface area contributed by atoms with E-state index in [1.807, 2.05) is 23.7 Å². The molecule has 0 amide bonds. The molecule has 5 nitrogen and oxygen atoms in total. The first kappa shape index (κ1) is 21.2. The van der Waals surface area contributed by atoms with E-state index >= 15 is 0 Å². The van der Waals surface area contributed by atoms with Crippen LogP contribution in [0, 0.1) is 5.82 Å². The fourth-order valence-electron chi connectivity index (χ4n) is 4.49. The maximum absolute atomic E-state index is 14.6. The largest absolute Gasteiger partial charge is 0.497 e. The summed E-state index contributed by atoms with van der Waals surface area (Å²) < 4.78 is 21.1. The number of methoxy groups -OCH3 is 1. The van der Waals surface area contributed by atoms with Gasteiger partial charge in [-0.25, -0.2) is 9.37 Å². The highest BCUT2D eigenvalue weighted by Gasteiger charge is 2.20. The Hall–Kier alpha value is -2.61. The van der Waals surface area contributed by atoms with Gasteiger partial charge in [0.1, 0.15) is 11.6 Å². The van der Waals surface area contributed by atoms with Crippen molar-refractivity contribution < 1.29 is 9.13 Å². The van der Waals surface area contributed by atoms with Gasteiger partial charge >= 0.3 is 0 Å². The standard InChI is InChI=1S/C25H27FN4OS/c1-31-19-3-4-23-21(13-19)20(22(26)15-28-23)8-11-30-9-6-18(7-10-30)27-14-17-2-5-25-24(12-17)29-16-32-25/h2-5,12-13,15-16,18,27H,6-11,14H2,1H3. The zero-order chi connectivity index (χ0) is 21.9. The first-order chi connectivity index (χ1) is 15.7. The molecule has 1 aliphatic heterocycles. The number of thiazole rings is 1. The molecule has 0 atom stereocenters. The van der Waals surface area contributed by atoms with Gasteiger partial charge in [-0.3, -0.25) is 4.98 Å². The lowest BCUT2D eigenvalue weighted by Crippen LogP contribution is -2.42. The lowest BCUT2D eigenvalue weighted by molar-refractivity contribution is 0.199. The van der Waals surface area contributed by atoms with E-state index < -0.39 is 0 Å². The van der Waals surface area contributed by atoms with Crippen molar-refractivity contribution in [2.75, 3.05) is 26.7 Å². The molecule has 1 aliphatic rings. The van der Waals surface area contributed by atoms with Crippen LogP contribution in [0.5, 0.6) is 5.75 Å². The van der Waals surface area contributed by atoms with Crippen molar-refractivity contribution in [1.82, 2.24) is 20.2 Å². The van der Waals surface area contributed by atoms with Crippen molar-refractivity contribution in [1.29, 1.82) is 0 Å². The van der Waals surface area contributed by atoms with Crippen LogP contribution in [0.25, 0.3) is 21.1 Å². The molecule has 0 aliphatic carbocycles. The fourth-order valence-corrected chi connectivity index (χ4v) is 5.15. The molecule has 0 bridgehead atoms. The van der Waals surface area contributed by atoms with Gasteiger partial charge in [0.15, 0.2) is 0 Å². The molecule has 1 N–H and O–H groups in total. The predicted molar refractivity (Wildman–Crippen MR) is 128 cm³/mol. The zero-order valence-electron chi connectivity index (χ0n) is 18.2. The van der Waals surface area contributed by atoms with Crippen molar-refractivity contribution in [3.63, 3.8) is 0 Å². The summed E-state index contributed by atoms with van der Waals surface area (Å²) in [6.45, 7) is 3.77. The van der Waals surface area contributed by atoms with Crippen LogP contribution in [0.4, 0.5) is 4.39 Å². The maximum Gasteiger partial charge on any atom is 0.145 e. The second-order valence-corrected chi connectivity index (χ2v) is 9.26. The van der Waals surface area contributed by atoms with Crippen LogP contribution in [0.3, 0.4) is 0 Å². The molecule has 1 saturated heterocycles. The molecule has 5 rings (SSSR count). The highest BCUT2D eigenvalue weighted by molar-refractivity contribution is 7.16. The molecule has 2 aromatic heterocycles. The Labute approximate surface area is 191 Å². The van der Waals surface area contributed by atoms with E-state index in [1.54, 1.807) is 18.4 Å². The van der Waals surface area contributed by atoms with Crippen molar-refractivity contribution in [2.24, 2.45) is 0 Å². The van der Waals surface area contributed by atoms with E-state index in [1.165, 1.54) is 16.5 Å². The van der Waals surface area contributed by atoms with Gasteiger partial charge < -0.3 is 15.0 Å². The lowest BCUT2D eigenvalue weighted by atomic mass is 10.0. The second kappa shape index (κ2) is 9.48. The van der Waals surface area contributed by atoms with E-state index in [2.05, 4.69) is 38.4 Å². The van der Waals surface area contributed by atoms with Crippen LogP contribution in [-0.2, 0) is 13.0 Å². The summed E-state index contributed by atoms with van der Waals surface area (Å²) in [6.07, 6.45) is 4.21. The van der Waals surface area contributed by atoms with Crippen molar-refractivity contribution in [3.05, 3.63) is 65.0 Å². The van der Waals surface area contributed by atoms with Crippen LogP contribution in [0.15, 0.2) is 48.1 Å². The number of ether oxygens (including phenoxy) is 1. The van der Waals surface area contributed by atoms with Crippen molar-refractivity contribution in [3.8, 4) is 5.75 Å². The van der Waals surface area contributed by atoms with Crippen LogP contribution in [0.1, 0.15) is 24.0 Å². The van der Waals surface area contributed by atoms with Gasteiger partial charge in [0.25, 0.3) is 0 Å². The van der Waals surface area contributed by atoms with Gasteiger partial charge in [-0.2, -0.15) is 0 Å². The average molecular weight is 451 g/mol. The Balaban J connectivity index is 1.15. The number of benzene rings is 2. The Morgan fingerprint density at radius 3 is 2.84 bits per heavy atom. The third kappa shape index (κ3) is 4.60. The minimum absolute atomic E-state index is 0.237. The zero-order valence-corrected chi connectivity index (χ0v) is 19.0. The SMILES string of the molecule is COc1ccc2ncc(F)c(CCN3CCC(NCc4ccc5scnc5c4)CC3)c2c1. The van der Waals surface area contributed by atoms with E-state index in [9.17, 15) is 4.39 Å². The van der Waals surface area contributed by atoms with Gasteiger partial charge in [-0.15, -0.1) is 11.3 Å². The minimum Gasteiger partial charge on any atom is -0.497 e. The number of piperidine rings is 1. The third-order valence-corrected chi connectivity index (χ3v) is 7.20. The van der Waals surface area contributed by atoms with Crippen molar-refractivity contribution >= 4 is 32.5 Å². The van der Waals surface area contributed by atoms with Crippen LogP contribution in [-0.4, -0.2) is 47.7 Å². The number of halogens is 1. The molecule has 32 heavy (non-hydrogen) atoms. The minimum atomic E-state index is -0.237. The van der Waals surface area contributed by atoms with Crippen LogP contribution < -0.4 is 10.1 Å². The Morgan fingerprint density at radius 1 is 1.12 bits per heavy atom. The smallest absolute Gasteiger partial charge is 0.145 e. The molecule has 3 heterocycles. The summed E-state index contributed by atoms with van der Waals surface area (Å²) in [4.78, 5) is 11.1. The Morgan fingerprint density at radius 2 is 2.00 bits per heavy atom. The number of nitrogens with zero attached hydrogens (tertiary/aromatic N) is 3. The summed E-state index contributed by atoms with van der Waals surface area (Å²) >= 11 is 1.68. The Kier molecular flexibility index (Phi) is 6.30. The summed E-state index contributed by atoms with van der Waals surface area (Å²) in [6, 6.07) is 12.7. The molecule has 166 valence electrons. The quantitative estimate of drug-likeness (QED) is 0.439. The van der Waals surface area contributed by atoms with Crippen molar-refractivity contribution in [2.45, 2.75) is 31.8 Å². The van der Waals surface area contributed by atoms with Gasteiger partial charge in [-0.05, 0) is 68.2 Å². The molecule has 4 aromatic rings. The van der Waals surface area contributed by atoms with E-state index in [4.69, 9.17) is 4.74 Å². The van der Waals surface area contributed by atoms with Gasteiger partial charge in [0, 0.05) is 30.1 Å². The fraction of sp³-hybridized carbons (Fsp3) is 0.360. The number of rotatable bonds is 7. The summed E-state index contributed by atoms with van der Waals surface area (Å²) in [5.41, 5.74) is 5.79. The average Bonchev–Trinajstić information content (AvgIpc) is 3.30. The van der Waals surface area contributed by atoms with Gasteiger partial charge in [-0.1, -0.05) is 6.07 Å². The topological polar surface area (TPSA) is 50.3 Å². The molecule has 7 heteroatoms. The van der Waals surface area contributed by atoms with Crippen LogP contribution >= 0.6 is 11.3 Å². The molecular formula is C25H27FN4OS. The van der Waals surface area contributed by atoms with Gasteiger partial charge in [0.2, 0.25) is 0 Å². The predicted octanol–water partition coefficient (Wildman–Crippen LogP) is 4.79. The number of nitrogens with one attached hydrogen (secondary N) is 1. The number of aromatic nitrogens is 2. The first-order valence-corrected chi connectivity index (χ1v) is 12.0. The normalized spacial score (nSPS) is 15.6. The molecule has 2 aromatic carbocycles. The highest BCUT2D eigenvalue weighted by Crippen LogP contribution is 2.25. The Bertz CT molecular complexity index is 1220. The van der Waals surface area contributed by atoms with E-state index in [-0.39, 0.29) is 5.82 Å². The number of pyridine rings is 1. The molecule has 0 saturated carbocycles. The van der Waals surface area contributed by atoms with Gasteiger partial charge in [0.05, 0.1) is 34.6 Å². The summed E-state index contributed by atoms with van der Waals surface area (Å²) in [7, 11) is 1.63. The number of hydrogen-bond donors (Lipinski definition) is 1. The number of fused-ring (bicyclic) bond motifs is 2. The molecule has 0 unspecified atom stereocenters. The number of hydrogen-bond acceptors (Lipinski definition) is 6. The number of likely N-dealkylation sites (tertiary alicyclic amines) is 1. The van der Waals surface area contributed by atoms with E-state index in [0.29, 0.717) is 12.5 Å². The maximum atomic E-state index is 14.6. The summed E-state index contributed by atoms with van der Waals surface area (Å²) in [5, 5.41) is 4.55. The lowest BCUT2D eigenvalue weighted by Gasteiger charge is -2.32. The molecule has 0 spiro atoms. The highest BCUT2D eigenvalue weighted by atomic mass is 32.1. The summed E-state index contributed by atoms with van der Waals surface area (Å²) in [5.74, 6) is 0.492. The van der Waals surface area contributed by atoms with Crippen LogP contribution in [0.2, 0.25) is 0 Å². The molecular weight excluding hydrogens is 423 g/mol. The second-order valence-electron chi connectivity index (χ2n) is 8.37. The molecule has 1 fully saturated rings. The first-order valence-electron chi connectivity index (χ1n) is 11.1. The monoisotopic (exact) mass is 450 g/mol. The van der Waals surface area contributed by atoms with E-state index in [0.717, 1.165) is 66.8 Å². The molecule has 0 radical (unpaired) electrons. The third-order valence-electron chi connectivity index (χ3n) is 6.39.